The molecule has 3 aliphatic heterocycles. The van der Waals surface area contributed by atoms with E-state index in [2.05, 4.69) is 10.6 Å². The summed E-state index contributed by atoms with van der Waals surface area (Å²) < 4.78 is 0. The number of benzene rings is 3. The molecule has 1 unspecified atom stereocenters. The summed E-state index contributed by atoms with van der Waals surface area (Å²) in [5, 5.41) is 6.43. The summed E-state index contributed by atoms with van der Waals surface area (Å²) in [6.45, 7) is 1.45. The van der Waals surface area contributed by atoms with E-state index < -0.39 is 11.9 Å². The van der Waals surface area contributed by atoms with E-state index >= 15 is 0 Å². The van der Waals surface area contributed by atoms with Crippen LogP contribution in [0.4, 0.5) is 5.69 Å². The minimum absolute atomic E-state index is 0.0203. The van der Waals surface area contributed by atoms with E-state index in [1.165, 1.54) is 4.90 Å². The molecule has 2 fully saturated rings. The maximum absolute atomic E-state index is 13.3. The van der Waals surface area contributed by atoms with Gasteiger partial charge in [-0.3, -0.25) is 24.5 Å². The van der Waals surface area contributed by atoms with Crippen LogP contribution in [0.5, 0.6) is 0 Å². The minimum Gasteiger partial charge on any atom is -0.379 e. The normalized spacial score (nSPS) is 19.2. The van der Waals surface area contributed by atoms with Gasteiger partial charge in [0.05, 0.1) is 6.04 Å². The Morgan fingerprint density at radius 2 is 1.71 bits per heavy atom. The van der Waals surface area contributed by atoms with Gasteiger partial charge in [0.25, 0.3) is 11.8 Å². The predicted octanol–water partition coefficient (Wildman–Crippen LogP) is 3.70. The highest BCUT2D eigenvalue weighted by atomic mass is 35.5. The molecule has 0 saturated carbocycles. The molecule has 0 aromatic heterocycles. The molecule has 0 radical (unpaired) electrons. The van der Waals surface area contributed by atoms with Crippen LogP contribution in [0, 0.1) is 0 Å². The number of carbonyl (C=O) groups is 4. The largest absolute Gasteiger partial charge is 0.379 e. The molecule has 0 spiro atoms. The number of carbonyl (C=O) groups excluding carboxylic acids is 4. The smallest absolute Gasteiger partial charge is 0.255 e. The highest BCUT2D eigenvalue weighted by molar-refractivity contribution is 6.30. The van der Waals surface area contributed by atoms with E-state index in [0.29, 0.717) is 42.2 Å². The van der Waals surface area contributed by atoms with Crippen molar-refractivity contribution in [3.63, 3.8) is 0 Å². The molecule has 2 N–H and O–H groups in total. The SMILES string of the molecule is O=C1CCC(N2Cc3cc(NC4CN(C(=O)c5ccccc5-c5ccc(Cl)cc5)C4)ccc3C2=O)C(=O)N1. The maximum atomic E-state index is 13.3. The zero-order valence-electron chi connectivity index (χ0n) is 20.4. The fraction of sp³-hybridized carbons (Fsp3) is 0.241. The van der Waals surface area contributed by atoms with Gasteiger partial charge in [-0.15, -0.1) is 0 Å². The van der Waals surface area contributed by atoms with Crippen molar-refractivity contribution in [1.29, 1.82) is 0 Å². The summed E-state index contributed by atoms with van der Waals surface area (Å²) in [4.78, 5) is 53.3. The average molecular weight is 529 g/mol. The second kappa shape index (κ2) is 9.61. The number of fused-ring (bicyclic) bond motifs is 1. The first-order valence-electron chi connectivity index (χ1n) is 12.6. The molecule has 8 nitrogen and oxygen atoms in total. The van der Waals surface area contributed by atoms with E-state index in [1.807, 2.05) is 65.6 Å². The molecule has 3 heterocycles. The third kappa shape index (κ3) is 4.41. The van der Waals surface area contributed by atoms with Crippen molar-refractivity contribution >= 4 is 40.9 Å². The molecule has 2 saturated heterocycles. The number of anilines is 1. The van der Waals surface area contributed by atoms with Crippen molar-refractivity contribution in [2.24, 2.45) is 0 Å². The Hall–Kier alpha value is -4.17. The van der Waals surface area contributed by atoms with E-state index in [0.717, 1.165) is 22.4 Å². The van der Waals surface area contributed by atoms with Crippen LogP contribution >= 0.6 is 11.6 Å². The van der Waals surface area contributed by atoms with Gasteiger partial charge in [0.15, 0.2) is 0 Å². The highest BCUT2D eigenvalue weighted by Gasteiger charge is 2.39. The zero-order valence-corrected chi connectivity index (χ0v) is 21.2. The van der Waals surface area contributed by atoms with Crippen LogP contribution in [0.2, 0.25) is 5.02 Å². The van der Waals surface area contributed by atoms with Crippen LogP contribution < -0.4 is 10.6 Å². The van der Waals surface area contributed by atoms with Gasteiger partial charge in [-0.2, -0.15) is 0 Å². The summed E-state index contributed by atoms with van der Waals surface area (Å²) in [5.74, 6) is -0.935. The lowest BCUT2D eigenvalue weighted by Gasteiger charge is -2.40. The Morgan fingerprint density at radius 1 is 0.947 bits per heavy atom. The fourth-order valence-electron chi connectivity index (χ4n) is 5.36. The van der Waals surface area contributed by atoms with Crippen molar-refractivity contribution < 1.29 is 19.2 Å². The summed E-state index contributed by atoms with van der Waals surface area (Å²) in [6, 6.07) is 20.0. The van der Waals surface area contributed by atoms with Gasteiger partial charge in [-0.25, -0.2) is 0 Å². The number of hydrogen-bond acceptors (Lipinski definition) is 5. The second-order valence-corrected chi connectivity index (χ2v) is 10.3. The van der Waals surface area contributed by atoms with E-state index in [-0.39, 0.29) is 30.2 Å². The third-order valence-electron chi connectivity index (χ3n) is 7.38. The first kappa shape index (κ1) is 24.2. The van der Waals surface area contributed by atoms with Crippen molar-refractivity contribution in [3.05, 3.63) is 88.4 Å². The van der Waals surface area contributed by atoms with Crippen LogP contribution in [-0.2, 0) is 16.1 Å². The van der Waals surface area contributed by atoms with Gasteiger partial charge in [0.1, 0.15) is 6.04 Å². The first-order valence-corrected chi connectivity index (χ1v) is 12.9. The number of nitrogens with one attached hydrogen (secondary N) is 2. The minimum atomic E-state index is -0.633. The number of imide groups is 1. The number of rotatable bonds is 5. The molecular weight excluding hydrogens is 504 g/mol. The molecule has 0 bridgehead atoms. The van der Waals surface area contributed by atoms with E-state index in [9.17, 15) is 19.2 Å². The third-order valence-corrected chi connectivity index (χ3v) is 7.63. The summed E-state index contributed by atoms with van der Waals surface area (Å²) in [6.07, 6.45) is 0.562. The molecule has 192 valence electrons. The lowest BCUT2D eigenvalue weighted by Crippen LogP contribution is -2.57. The molecule has 3 aliphatic rings. The average Bonchev–Trinajstić information content (AvgIpc) is 3.21. The monoisotopic (exact) mass is 528 g/mol. The topological polar surface area (TPSA) is 98.8 Å². The molecule has 9 heteroatoms. The standard InChI is InChI=1S/C29H25ClN4O4/c30-19-7-5-17(6-8-19)22-3-1-2-4-24(22)28(37)33-15-21(16-33)31-20-9-10-23-18(13-20)14-34(29(23)38)25-11-12-26(35)32-27(25)36/h1-10,13,21,25,31H,11-12,14-16H2,(H,32,35,36). The number of piperidine rings is 1. The number of amides is 4. The van der Waals surface area contributed by atoms with E-state index in [4.69, 9.17) is 11.6 Å². The van der Waals surface area contributed by atoms with Crippen molar-refractivity contribution in [3.8, 4) is 11.1 Å². The van der Waals surface area contributed by atoms with Crippen LogP contribution in [0.15, 0.2) is 66.7 Å². The molecule has 6 rings (SSSR count). The number of nitrogens with zero attached hydrogens (tertiary/aromatic N) is 2. The second-order valence-electron chi connectivity index (χ2n) is 9.88. The van der Waals surface area contributed by atoms with Crippen LogP contribution in [0.3, 0.4) is 0 Å². The van der Waals surface area contributed by atoms with Crippen LogP contribution in [0.25, 0.3) is 11.1 Å². The van der Waals surface area contributed by atoms with Gasteiger partial charge < -0.3 is 15.1 Å². The van der Waals surface area contributed by atoms with Crippen molar-refractivity contribution in [2.45, 2.75) is 31.5 Å². The molecule has 3 aromatic carbocycles. The van der Waals surface area contributed by atoms with Gasteiger partial charge in [-0.1, -0.05) is 41.9 Å². The molecule has 3 aromatic rings. The summed E-state index contributed by atoms with van der Waals surface area (Å²) >= 11 is 6.03. The quantitative estimate of drug-likeness (QED) is 0.492. The van der Waals surface area contributed by atoms with Crippen LogP contribution in [0.1, 0.15) is 39.1 Å². The van der Waals surface area contributed by atoms with Crippen molar-refractivity contribution in [2.75, 3.05) is 18.4 Å². The highest BCUT2D eigenvalue weighted by Crippen LogP contribution is 2.31. The van der Waals surface area contributed by atoms with Gasteiger partial charge in [-0.05, 0) is 59.5 Å². The number of hydrogen-bond donors (Lipinski definition) is 2. The predicted molar refractivity (Wildman–Crippen MR) is 143 cm³/mol. The maximum Gasteiger partial charge on any atom is 0.255 e. The molecule has 38 heavy (non-hydrogen) atoms. The molecule has 4 amide bonds. The van der Waals surface area contributed by atoms with Crippen LogP contribution in [-0.4, -0.2) is 58.6 Å². The van der Waals surface area contributed by atoms with E-state index in [1.54, 1.807) is 6.07 Å². The van der Waals surface area contributed by atoms with Gasteiger partial charge >= 0.3 is 0 Å². The zero-order chi connectivity index (χ0) is 26.4. The Labute approximate surface area is 224 Å². The van der Waals surface area contributed by atoms with Gasteiger partial charge in [0, 0.05) is 47.9 Å². The fourth-order valence-corrected chi connectivity index (χ4v) is 5.48. The molecular formula is C29H25ClN4O4. The lowest BCUT2D eigenvalue weighted by molar-refractivity contribution is -0.136. The molecule has 1 atom stereocenters. The Kier molecular flexibility index (Phi) is 6.12. The Balaban J connectivity index is 1.10. The van der Waals surface area contributed by atoms with Gasteiger partial charge in [0.2, 0.25) is 11.8 Å². The molecule has 0 aliphatic carbocycles. The Morgan fingerprint density at radius 3 is 2.47 bits per heavy atom. The summed E-state index contributed by atoms with van der Waals surface area (Å²) in [7, 11) is 0. The van der Waals surface area contributed by atoms with Crippen molar-refractivity contribution in [1.82, 2.24) is 15.1 Å². The summed E-state index contributed by atoms with van der Waals surface area (Å²) in [5.41, 5.74) is 4.73. The number of likely N-dealkylation sites (tertiary alicyclic amines) is 1. The number of halogens is 1. The Bertz CT molecular complexity index is 1470. The lowest BCUT2D eigenvalue weighted by atomic mass is 9.97. The first-order chi connectivity index (χ1) is 18.4.